The molecule has 1 heterocycles. The molecule has 0 spiro atoms. The Morgan fingerprint density at radius 2 is 1.94 bits per heavy atom. The summed E-state index contributed by atoms with van der Waals surface area (Å²) in [5.41, 5.74) is 1.24. The maximum Gasteiger partial charge on any atom is 0.239 e. The highest BCUT2D eigenvalue weighted by molar-refractivity contribution is 6.29. The number of methoxy groups -OCH3 is 1. The van der Waals surface area contributed by atoms with Crippen LogP contribution in [0.2, 0.25) is 5.15 Å². The van der Waals surface area contributed by atoms with Crippen LogP contribution in [-0.2, 0) is 0 Å². The van der Waals surface area contributed by atoms with E-state index in [1.54, 1.807) is 6.07 Å². The molecule has 0 aliphatic carbocycles. The van der Waals surface area contributed by atoms with Crippen molar-refractivity contribution in [3.63, 3.8) is 0 Å². The van der Waals surface area contributed by atoms with Crippen LogP contribution >= 0.6 is 11.6 Å². The summed E-state index contributed by atoms with van der Waals surface area (Å²) in [6, 6.07) is 10.8. The predicted molar refractivity (Wildman–Crippen MR) is 64.1 cm³/mol. The average Bonchev–Trinajstić information content (AvgIpc) is 2.39. The second kappa shape index (κ2) is 5.12. The van der Waals surface area contributed by atoms with E-state index >= 15 is 0 Å². The molecule has 0 radical (unpaired) electrons. The number of aliphatic hydroxyl groups excluding tert-OH is 1. The van der Waals surface area contributed by atoms with Gasteiger partial charge in [0.1, 0.15) is 6.10 Å². The molecule has 0 aliphatic rings. The largest absolute Gasteiger partial charge is 0.480 e. The lowest BCUT2D eigenvalue weighted by Gasteiger charge is -2.13. The molecule has 0 amide bonds. The van der Waals surface area contributed by atoms with Crippen molar-refractivity contribution in [2.45, 2.75) is 6.10 Å². The number of benzene rings is 1. The molecule has 0 saturated heterocycles. The fourth-order valence-electron chi connectivity index (χ4n) is 1.54. The second-order valence-electron chi connectivity index (χ2n) is 3.44. The Morgan fingerprint density at radius 1 is 1.24 bits per heavy atom. The van der Waals surface area contributed by atoms with E-state index in [1.807, 2.05) is 30.3 Å². The van der Waals surface area contributed by atoms with Crippen molar-refractivity contribution >= 4 is 11.6 Å². The molecule has 1 atom stereocenters. The van der Waals surface area contributed by atoms with Gasteiger partial charge < -0.3 is 9.84 Å². The van der Waals surface area contributed by atoms with E-state index in [0.29, 0.717) is 5.56 Å². The van der Waals surface area contributed by atoms with Crippen LogP contribution in [0.15, 0.2) is 36.4 Å². The van der Waals surface area contributed by atoms with Gasteiger partial charge in [0.2, 0.25) is 5.88 Å². The van der Waals surface area contributed by atoms with Gasteiger partial charge in [-0.15, -0.1) is 10.2 Å². The minimum Gasteiger partial charge on any atom is -0.480 e. The summed E-state index contributed by atoms with van der Waals surface area (Å²) in [5.74, 6) is 0.269. The van der Waals surface area contributed by atoms with Crippen LogP contribution in [0.1, 0.15) is 17.2 Å². The molecule has 88 valence electrons. The summed E-state index contributed by atoms with van der Waals surface area (Å²) in [6.07, 6.45) is -0.834. The topological polar surface area (TPSA) is 55.2 Å². The summed E-state index contributed by atoms with van der Waals surface area (Å²) in [5, 5.41) is 17.9. The standard InChI is InChI=1S/C12H11ClN2O2/c1-17-12-9(7-10(13)14-15-12)11(16)8-5-3-2-4-6-8/h2-7,11,16H,1H3. The summed E-state index contributed by atoms with van der Waals surface area (Å²) >= 11 is 5.77. The van der Waals surface area contributed by atoms with Crippen LogP contribution in [-0.4, -0.2) is 22.4 Å². The molecule has 4 nitrogen and oxygen atoms in total. The van der Waals surface area contributed by atoms with Crippen molar-refractivity contribution in [1.82, 2.24) is 10.2 Å². The fraction of sp³-hybridized carbons (Fsp3) is 0.167. The molecular weight excluding hydrogens is 240 g/mol. The van der Waals surface area contributed by atoms with Crippen LogP contribution < -0.4 is 4.74 Å². The molecule has 1 aromatic heterocycles. The maximum atomic E-state index is 10.2. The summed E-state index contributed by atoms with van der Waals surface area (Å²) in [6.45, 7) is 0. The van der Waals surface area contributed by atoms with E-state index in [-0.39, 0.29) is 11.0 Å². The molecule has 5 heteroatoms. The van der Waals surface area contributed by atoms with Crippen LogP contribution in [0.3, 0.4) is 0 Å². The first-order valence-corrected chi connectivity index (χ1v) is 5.40. The van der Waals surface area contributed by atoms with Crippen molar-refractivity contribution in [3.8, 4) is 5.88 Å². The van der Waals surface area contributed by atoms with Crippen molar-refractivity contribution in [3.05, 3.63) is 52.7 Å². The monoisotopic (exact) mass is 250 g/mol. The van der Waals surface area contributed by atoms with Crippen LogP contribution in [0.4, 0.5) is 0 Å². The van der Waals surface area contributed by atoms with Crippen LogP contribution in [0.25, 0.3) is 0 Å². The number of halogens is 1. The van der Waals surface area contributed by atoms with Crippen molar-refractivity contribution < 1.29 is 9.84 Å². The first-order valence-electron chi connectivity index (χ1n) is 5.02. The molecule has 17 heavy (non-hydrogen) atoms. The van der Waals surface area contributed by atoms with Gasteiger partial charge in [0.25, 0.3) is 0 Å². The molecule has 1 unspecified atom stereocenters. The first kappa shape index (κ1) is 11.8. The van der Waals surface area contributed by atoms with Gasteiger partial charge in [0, 0.05) is 0 Å². The number of rotatable bonds is 3. The number of aromatic nitrogens is 2. The van der Waals surface area contributed by atoms with Crippen molar-refractivity contribution in [2.75, 3.05) is 7.11 Å². The molecular formula is C12H11ClN2O2. The van der Waals surface area contributed by atoms with Crippen molar-refractivity contribution in [1.29, 1.82) is 0 Å². The molecule has 0 saturated carbocycles. The highest BCUT2D eigenvalue weighted by atomic mass is 35.5. The minimum atomic E-state index is -0.834. The maximum absolute atomic E-state index is 10.2. The lowest BCUT2D eigenvalue weighted by molar-refractivity contribution is 0.212. The van der Waals surface area contributed by atoms with Gasteiger partial charge in [-0.05, 0) is 11.6 Å². The Kier molecular flexibility index (Phi) is 3.56. The van der Waals surface area contributed by atoms with E-state index in [4.69, 9.17) is 16.3 Å². The third-order valence-electron chi connectivity index (χ3n) is 2.36. The van der Waals surface area contributed by atoms with Gasteiger partial charge in [0.15, 0.2) is 5.15 Å². The number of nitrogens with zero attached hydrogens (tertiary/aromatic N) is 2. The molecule has 0 bridgehead atoms. The molecule has 2 rings (SSSR count). The van der Waals surface area contributed by atoms with Gasteiger partial charge in [-0.3, -0.25) is 0 Å². The summed E-state index contributed by atoms with van der Waals surface area (Å²) in [7, 11) is 1.47. The predicted octanol–water partition coefficient (Wildman–Crippen LogP) is 2.22. The highest BCUT2D eigenvalue weighted by Gasteiger charge is 2.17. The Hall–Kier alpha value is -1.65. The Bertz CT molecular complexity index is 505. The van der Waals surface area contributed by atoms with E-state index in [0.717, 1.165) is 5.56 Å². The summed E-state index contributed by atoms with van der Waals surface area (Å²) < 4.78 is 5.05. The van der Waals surface area contributed by atoms with Gasteiger partial charge in [-0.1, -0.05) is 41.9 Å². The number of ether oxygens (including phenoxy) is 1. The lowest BCUT2D eigenvalue weighted by Crippen LogP contribution is -2.05. The summed E-state index contributed by atoms with van der Waals surface area (Å²) in [4.78, 5) is 0. The van der Waals surface area contributed by atoms with E-state index in [9.17, 15) is 5.11 Å². The van der Waals surface area contributed by atoms with Gasteiger partial charge in [0.05, 0.1) is 12.7 Å². The quantitative estimate of drug-likeness (QED) is 0.908. The molecule has 1 aromatic carbocycles. The van der Waals surface area contributed by atoms with E-state index in [1.165, 1.54) is 7.11 Å². The van der Waals surface area contributed by atoms with E-state index in [2.05, 4.69) is 10.2 Å². The van der Waals surface area contributed by atoms with Gasteiger partial charge in [-0.25, -0.2) is 0 Å². The smallest absolute Gasteiger partial charge is 0.239 e. The molecule has 1 N–H and O–H groups in total. The third-order valence-corrected chi connectivity index (χ3v) is 2.55. The Balaban J connectivity index is 2.43. The van der Waals surface area contributed by atoms with Gasteiger partial charge in [-0.2, -0.15) is 0 Å². The zero-order valence-electron chi connectivity index (χ0n) is 9.17. The normalized spacial score (nSPS) is 12.2. The molecule has 0 aliphatic heterocycles. The molecule has 2 aromatic rings. The highest BCUT2D eigenvalue weighted by Crippen LogP contribution is 2.29. The number of hydrogen-bond acceptors (Lipinski definition) is 4. The van der Waals surface area contributed by atoms with Crippen LogP contribution in [0, 0.1) is 0 Å². The lowest BCUT2D eigenvalue weighted by atomic mass is 10.0. The average molecular weight is 251 g/mol. The number of aliphatic hydroxyl groups is 1. The zero-order chi connectivity index (χ0) is 12.3. The fourth-order valence-corrected chi connectivity index (χ4v) is 1.69. The Morgan fingerprint density at radius 3 is 2.59 bits per heavy atom. The van der Waals surface area contributed by atoms with Gasteiger partial charge >= 0.3 is 0 Å². The number of hydrogen-bond donors (Lipinski definition) is 1. The van der Waals surface area contributed by atoms with Crippen molar-refractivity contribution in [2.24, 2.45) is 0 Å². The first-order chi connectivity index (χ1) is 8.22. The van der Waals surface area contributed by atoms with E-state index < -0.39 is 6.10 Å². The minimum absolute atomic E-state index is 0.218. The third kappa shape index (κ3) is 2.54. The Labute approximate surface area is 104 Å². The van der Waals surface area contributed by atoms with Crippen LogP contribution in [0.5, 0.6) is 5.88 Å². The zero-order valence-corrected chi connectivity index (χ0v) is 9.93. The molecule has 0 fully saturated rings. The second-order valence-corrected chi connectivity index (χ2v) is 3.83. The SMILES string of the molecule is COc1nnc(Cl)cc1C(O)c1ccccc1.